The Bertz CT molecular complexity index is 413. The van der Waals surface area contributed by atoms with Crippen LogP contribution in [0.5, 0.6) is 5.75 Å². The molecule has 1 rings (SSSR count). The van der Waals surface area contributed by atoms with Gasteiger partial charge in [0.25, 0.3) is 0 Å². The Labute approximate surface area is 106 Å². The first kappa shape index (κ1) is 13.6. The molecule has 1 amide bonds. The summed E-state index contributed by atoms with van der Waals surface area (Å²) >= 11 is 5.67. The van der Waals surface area contributed by atoms with Gasteiger partial charge in [-0.25, -0.2) is 4.79 Å². The van der Waals surface area contributed by atoms with Crippen molar-refractivity contribution in [1.82, 2.24) is 0 Å². The molecule has 0 aliphatic heterocycles. The molecule has 0 aliphatic rings. The summed E-state index contributed by atoms with van der Waals surface area (Å²) < 4.78 is 5.08. The summed E-state index contributed by atoms with van der Waals surface area (Å²) in [7, 11) is 0. The van der Waals surface area contributed by atoms with Crippen molar-refractivity contribution in [2.75, 3.05) is 5.32 Å². The molecular weight excluding hydrogens is 242 g/mol. The van der Waals surface area contributed by atoms with Crippen molar-refractivity contribution < 1.29 is 14.6 Å². The molecule has 0 fully saturated rings. The molecule has 0 aromatic heterocycles. The Morgan fingerprint density at radius 3 is 2.65 bits per heavy atom. The van der Waals surface area contributed by atoms with Crippen molar-refractivity contribution >= 4 is 23.4 Å². The van der Waals surface area contributed by atoms with Gasteiger partial charge in [-0.1, -0.05) is 6.07 Å². The van der Waals surface area contributed by atoms with Crippen LogP contribution in [0.25, 0.3) is 0 Å². The van der Waals surface area contributed by atoms with Gasteiger partial charge in [0, 0.05) is 5.88 Å². The Morgan fingerprint density at radius 1 is 1.47 bits per heavy atom. The van der Waals surface area contributed by atoms with Crippen LogP contribution in [0, 0.1) is 0 Å². The van der Waals surface area contributed by atoms with Gasteiger partial charge in [-0.05, 0) is 38.5 Å². The van der Waals surface area contributed by atoms with Crippen LogP contribution in [0.15, 0.2) is 18.2 Å². The van der Waals surface area contributed by atoms with Gasteiger partial charge in [0.15, 0.2) is 0 Å². The second-order valence-corrected chi connectivity index (χ2v) is 4.88. The molecule has 0 saturated heterocycles. The van der Waals surface area contributed by atoms with E-state index in [4.69, 9.17) is 16.3 Å². The molecule has 0 spiro atoms. The smallest absolute Gasteiger partial charge is 0.412 e. The van der Waals surface area contributed by atoms with Crippen molar-refractivity contribution in [1.29, 1.82) is 0 Å². The van der Waals surface area contributed by atoms with Crippen molar-refractivity contribution in [2.45, 2.75) is 32.3 Å². The third kappa shape index (κ3) is 4.53. The highest BCUT2D eigenvalue weighted by Crippen LogP contribution is 2.25. The summed E-state index contributed by atoms with van der Waals surface area (Å²) in [5.74, 6) is 0.285. The Morgan fingerprint density at radius 2 is 2.12 bits per heavy atom. The molecule has 5 heteroatoms. The molecule has 0 bridgehead atoms. The number of carbonyl (C=O) groups excluding carboxylic acids is 1. The largest absolute Gasteiger partial charge is 0.506 e. The van der Waals surface area contributed by atoms with E-state index < -0.39 is 11.7 Å². The van der Waals surface area contributed by atoms with E-state index in [1.165, 1.54) is 6.07 Å². The number of phenolic OH excluding ortho intramolecular Hbond substituents is 1. The normalized spacial score (nSPS) is 11.1. The van der Waals surface area contributed by atoms with Crippen molar-refractivity contribution in [3.63, 3.8) is 0 Å². The molecule has 0 heterocycles. The average Bonchev–Trinajstić information content (AvgIpc) is 2.18. The Kier molecular flexibility index (Phi) is 4.23. The summed E-state index contributed by atoms with van der Waals surface area (Å²) in [6.45, 7) is 5.30. The molecule has 4 nitrogen and oxygen atoms in total. The van der Waals surface area contributed by atoms with E-state index in [9.17, 15) is 9.90 Å². The van der Waals surface area contributed by atoms with E-state index in [0.29, 0.717) is 5.88 Å². The van der Waals surface area contributed by atoms with Crippen LogP contribution in [0.2, 0.25) is 0 Å². The number of halogens is 1. The summed E-state index contributed by atoms with van der Waals surface area (Å²) in [5, 5.41) is 12.0. The van der Waals surface area contributed by atoms with Gasteiger partial charge in [-0.3, -0.25) is 5.32 Å². The van der Waals surface area contributed by atoms with Crippen molar-refractivity contribution in [3.05, 3.63) is 23.8 Å². The molecule has 0 saturated carbocycles. The van der Waals surface area contributed by atoms with Crippen LogP contribution in [0.3, 0.4) is 0 Å². The standard InChI is InChI=1S/C12H16ClNO3/c1-12(2,3)17-11(16)14-9-6-8(7-13)4-5-10(9)15/h4-6,15H,7H2,1-3H3,(H,14,16). The van der Waals surface area contributed by atoms with E-state index in [1.807, 2.05) is 0 Å². The first-order valence-corrected chi connectivity index (χ1v) is 5.73. The van der Waals surface area contributed by atoms with Gasteiger partial charge in [-0.2, -0.15) is 0 Å². The lowest BCUT2D eigenvalue weighted by Gasteiger charge is -2.20. The van der Waals surface area contributed by atoms with Crippen molar-refractivity contribution in [3.8, 4) is 5.75 Å². The third-order valence-electron chi connectivity index (χ3n) is 1.85. The first-order chi connectivity index (χ1) is 7.81. The second kappa shape index (κ2) is 5.27. The lowest BCUT2D eigenvalue weighted by atomic mass is 10.2. The number of aromatic hydroxyl groups is 1. The zero-order chi connectivity index (χ0) is 13.1. The Hall–Kier alpha value is -1.42. The molecule has 94 valence electrons. The number of phenols is 1. The zero-order valence-corrected chi connectivity index (χ0v) is 10.8. The van der Waals surface area contributed by atoms with Gasteiger partial charge >= 0.3 is 6.09 Å². The van der Waals surface area contributed by atoms with Gasteiger partial charge in [-0.15, -0.1) is 11.6 Å². The maximum absolute atomic E-state index is 11.5. The van der Waals surface area contributed by atoms with E-state index in [2.05, 4.69) is 5.32 Å². The van der Waals surface area contributed by atoms with E-state index in [1.54, 1.807) is 32.9 Å². The van der Waals surface area contributed by atoms with E-state index >= 15 is 0 Å². The molecular formula is C12H16ClNO3. The maximum atomic E-state index is 11.5. The van der Waals surface area contributed by atoms with Crippen LogP contribution < -0.4 is 5.32 Å². The number of nitrogens with one attached hydrogen (secondary N) is 1. The highest BCUT2D eigenvalue weighted by molar-refractivity contribution is 6.17. The molecule has 1 aromatic rings. The summed E-state index contributed by atoms with van der Waals surface area (Å²) in [6, 6.07) is 4.76. The van der Waals surface area contributed by atoms with Crippen LogP contribution in [0.1, 0.15) is 26.3 Å². The minimum absolute atomic E-state index is 0.0234. The zero-order valence-electron chi connectivity index (χ0n) is 10.1. The lowest BCUT2D eigenvalue weighted by Crippen LogP contribution is -2.27. The van der Waals surface area contributed by atoms with Gasteiger partial charge in [0.2, 0.25) is 0 Å². The third-order valence-corrected chi connectivity index (χ3v) is 2.16. The summed E-state index contributed by atoms with van der Waals surface area (Å²) in [5.41, 5.74) is 0.511. The summed E-state index contributed by atoms with van der Waals surface area (Å²) in [6.07, 6.45) is -0.612. The van der Waals surface area contributed by atoms with Gasteiger partial charge in [0.1, 0.15) is 11.4 Å². The fourth-order valence-corrected chi connectivity index (χ4v) is 1.35. The number of hydrogen-bond donors (Lipinski definition) is 2. The predicted molar refractivity (Wildman–Crippen MR) is 67.5 cm³/mol. The monoisotopic (exact) mass is 257 g/mol. The number of benzene rings is 1. The number of alkyl halides is 1. The number of anilines is 1. The molecule has 2 N–H and O–H groups in total. The van der Waals surface area contributed by atoms with E-state index in [-0.39, 0.29) is 11.4 Å². The van der Waals surface area contributed by atoms with E-state index in [0.717, 1.165) is 5.56 Å². The molecule has 0 unspecified atom stereocenters. The maximum Gasteiger partial charge on any atom is 0.412 e. The molecule has 17 heavy (non-hydrogen) atoms. The fraction of sp³-hybridized carbons (Fsp3) is 0.417. The van der Waals surface area contributed by atoms with Crippen LogP contribution in [-0.2, 0) is 10.6 Å². The quantitative estimate of drug-likeness (QED) is 0.630. The number of carbonyl (C=O) groups is 1. The highest BCUT2D eigenvalue weighted by Gasteiger charge is 2.17. The van der Waals surface area contributed by atoms with Gasteiger partial charge < -0.3 is 9.84 Å². The average molecular weight is 258 g/mol. The van der Waals surface area contributed by atoms with Crippen LogP contribution in [-0.4, -0.2) is 16.8 Å². The number of ether oxygens (including phenoxy) is 1. The number of hydrogen-bond acceptors (Lipinski definition) is 3. The molecule has 0 aliphatic carbocycles. The first-order valence-electron chi connectivity index (χ1n) is 5.19. The molecule has 1 aromatic carbocycles. The van der Waals surface area contributed by atoms with Crippen LogP contribution >= 0.6 is 11.6 Å². The minimum Gasteiger partial charge on any atom is -0.506 e. The second-order valence-electron chi connectivity index (χ2n) is 4.61. The fourth-order valence-electron chi connectivity index (χ4n) is 1.18. The SMILES string of the molecule is CC(C)(C)OC(=O)Nc1cc(CCl)ccc1O. The molecule has 0 radical (unpaired) electrons. The lowest BCUT2D eigenvalue weighted by molar-refractivity contribution is 0.0635. The predicted octanol–water partition coefficient (Wildman–Crippen LogP) is 3.48. The van der Waals surface area contributed by atoms with Gasteiger partial charge in [0.05, 0.1) is 5.69 Å². The molecule has 0 atom stereocenters. The van der Waals surface area contributed by atoms with Crippen LogP contribution in [0.4, 0.5) is 10.5 Å². The topological polar surface area (TPSA) is 58.6 Å². The van der Waals surface area contributed by atoms with Crippen molar-refractivity contribution in [2.24, 2.45) is 0 Å². The number of amides is 1. The number of rotatable bonds is 2. The Balaban J connectivity index is 2.77. The highest BCUT2D eigenvalue weighted by atomic mass is 35.5. The minimum atomic E-state index is -0.612. The summed E-state index contributed by atoms with van der Waals surface area (Å²) in [4.78, 5) is 11.5.